The molecule has 0 saturated heterocycles. The van der Waals surface area contributed by atoms with E-state index in [0.29, 0.717) is 5.69 Å². The van der Waals surface area contributed by atoms with Gasteiger partial charge < -0.3 is 4.90 Å². The third kappa shape index (κ3) is 1.95. The van der Waals surface area contributed by atoms with Crippen LogP contribution in [-0.4, -0.2) is 29.8 Å². The summed E-state index contributed by atoms with van der Waals surface area (Å²) in [5.41, 5.74) is 1.55. The molecule has 80 valence electrons. The summed E-state index contributed by atoms with van der Waals surface area (Å²) < 4.78 is 0. The number of aromatic nitrogens is 1. The van der Waals surface area contributed by atoms with Crippen LogP contribution in [0.4, 0.5) is 0 Å². The molecule has 0 unspecified atom stereocenters. The highest BCUT2D eigenvalue weighted by Gasteiger charge is 2.25. The van der Waals surface area contributed by atoms with E-state index in [1.165, 1.54) is 0 Å². The third-order valence-corrected chi connectivity index (χ3v) is 3.38. The topological polar surface area (TPSA) is 33.2 Å². The van der Waals surface area contributed by atoms with E-state index >= 15 is 0 Å². The summed E-state index contributed by atoms with van der Waals surface area (Å²) in [6.07, 6.45) is 3.69. The van der Waals surface area contributed by atoms with E-state index in [1.807, 2.05) is 32.1 Å². The summed E-state index contributed by atoms with van der Waals surface area (Å²) >= 11 is 1.64. The number of fused-ring (bicyclic) bond motifs is 1. The highest BCUT2D eigenvalue weighted by atomic mass is 32.1. The van der Waals surface area contributed by atoms with Crippen LogP contribution in [0.2, 0.25) is 0 Å². The smallest absolute Gasteiger partial charge is 0.209 e. The number of nitrogens with zero attached hydrogens (tertiary/aromatic N) is 2. The molecule has 1 aliphatic rings. The van der Waals surface area contributed by atoms with Gasteiger partial charge in [-0.05, 0) is 19.8 Å². The van der Waals surface area contributed by atoms with Crippen molar-refractivity contribution in [2.45, 2.75) is 19.8 Å². The number of carbonyl (C=O) groups is 1. The van der Waals surface area contributed by atoms with Gasteiger partial charge in [-0.2, -0.15) is 0 Å². The van der Waals surface area contributed by atoms with Crippen molar-refractivity contribution in [2.24, 2.45) is 0 Å². The molecule has 0 radical (unpaired) electrons. The quantitative estimate of drug-likeness (QED) is 0.682. The maximum absolute atomic E-state index is 12.0. The Morgan fingerprint density at radius 3 is 2.80 bits per heavy atom. The van der Waals surface area contributed by atoms with Gasteiger partial charge in [-0.15, -0.1) is 11.3 Å². The Hall–Kier alpha value is -1.16. The molecular formula is C11H14N2OS. The van der Waals surface area contributed by atoms with Crippen LogP contribution in [-0.2, 0) is 6.42 Å². The first kappa shape index (κ1) is 10.4. The molecule has 0 bridgehead atoms. The molecule has 0 saturated carbocycles. The number of hydrogen-bond donors (Lipinski definition) is 0. The zero-order valence-electron chi connectivity index (χ0n) is 9.20. The molecule has 1 aliphatic carbocycles. The van der Waals surface area contributed by atoms with Crippen LogP contribution >= 0.6 is 11.3 Å². The number of aryl methyl sites for hydroxylation is 2. The summed E-state index contributed by atoms with van der Waals surface area (Å²) in [4.78, 5) is 19.4. The van der Waals surface area contributed by atoms with Crippen LogP contribution in [0.5, 0.6) is 0 Å². The predicted molar refractivity (Wildman–Crippen MR) is 61.3 cm³/mol. The molecule has 0 spiro atoms. The molecule has 0 aromatic carbocycles. The Balaban J connectivity index is 2.37. The predicted octanol–water partition coefficient (Wildman–Crippen LogP) is 2.03. The molecule has 3 nitrogen and oxygen atoms in total. The van der Waals surface area contributed by atoms with Gasteiger partial charge in [0.25, 0.3) is 0 Å². The van der Waals surface area contributed by atoms with Crippen LogP contribution < -0.4 is 0 Å². The summed E-state index contributed by atoms with van der Waals surface area (Å²) in [5, 5.41) is 0.986. The van der Waals surface area contributed by atoms with Crippen molar-refractivity contribution in [3.63, 3.8) is 0 Å². The minimum Gasteiger partial charge on any atom is -0.383 e. The average Bonchev–Trinajstić information content (AvgIpc) is 2.51. The summed E-state index contributed by atoms with van der Waals surface area (Å²) in [6, 6.07) is 0. The van der Waals surface area contributed by atoms with Crippen molar-refractivity contribution in [1.29, 1.82) is 0 Å². The zero-order chi connectivity index (χ0) is 11.0. The van der Waals surface area contributed by atoms with E-state index in [-0.39, 0.29) is 5.78 Å². The first-order chi connectivity index (χ1) is 7.08. The van der Waals surface area contributed by atoms with Gasteiger partial charge in [-0.25, -0.2) is 4.98 Å². The molecule has 0 atom stereocenters. The molecule has 0 N–H and O–H groups in total. The number of ketones is 1. The lowest BCUT2D eigenvalue weighted by Crippen LogP contribution is -2.16. The largest absolute Gasteiger partial charge is 0.383 e. The highest BCUT2D eigenvalue weighted by molar-refractivity contribution is 7.11. The monoisotopic (exact) mass is 222 g/mol. The van der Waals surface area contributed by atoms with Gasteiger partial charge in [0.05, 0.1) is 5.01 Å². The van der Waals surface area contributed by atoms with Crippen LogP contribution in [0.25, 0.3) is 0 Å². The fourth-order valence-electron chi connectivity index (χ4n) is 1.76. The van der Waals surface area contributed by atoms with Gasteiger partial charge in [-0.3, -0.25) is 4.79 Å². The summed E-state index contributed by atoms with van der Waals surface area (Å²) in [7, 11) is 3.87. The molecule has 1 aromatic heterocycles. The lowest BCUT2D eigenvalue weighted by Gasteiger charge is -2.14. The second kappa shape index (κ2) is 3.77. The van der Waals surface area contributed by atoms with Gasteiger partial charge in [0.1, 0.15) is 5.69 Å². The van der Waals surface area contributed by atoms with Crippen molar-refractivity contribution >= 4 is 17.1 Å². The van der Waals surface area contributed by atoms with E-state index in [1.54, 1.807) is 11.3 Å². The molecule has 1 aromatic rings. The highest BCUT2D eigenvalue weighted by Crippen LogP contribution is 2.29. The fraction of sp³-hybridized carbons (Fsp3) is 0.455. The third-order valence-electron chi connectivity index (χ3n) is 2.35. The van der Waals surface area contributed by atoms with Gasteiger partial charge in [-0.1, -0.05) is 0 Å². The van der Waals surface area contributed by atoms with E-state index in [4.69, 9.17) is 0 Å². The summed E-state index contributed by atoms with van der Waals surface area (Å²) in [5.74, 6) is 0.106. The van der Waals surface area contributed by atoms with Crippen LogP contribution in [0.1, 0.15) is 26.8 Å². The Labute approximate surface area is 93.4 Å². The van der Waals surface area contributed by atoms with Crippen LogP contribution in [0.15, 0.2) is 11.8 Å². The zero-order valence-corrected chi connectivity index (χ0v) is 10.0. The lowest BCUT2D eigenvalue weighted by molar-refractivity contribution is 0.101. The molecule has 0 fully saturated rings. The molecule has 1 heterocycles. The van der Waals surface area contributed by atoms with Crippen molar-refractivity contribution in [1.82, 2.24) is 9.88 Å². The average molecular weight is 222 g/mol. The van der Waals surface area contributed by atoms with Gasteiger partial charge >= 0.3 is 0 Å². The normalized spacial score (nSPS) is 18.1. The van der Waals surface area contributed by atoms with Gasteiger partial charge in [0.2, 0.25) is 5.78 Å². The van der Waals surface area contributed by atoms with Gasteiger partial charge in [0, 0.05) is 30.7 Å². The van der Waals surface area contributed by atoms with Crippen molar-refractivity contribution < 1.29 is 4.79 Å². The Bertz CT molecular complexity index is 432. The van der Waals surface area contributed by atoms with Crippen LogP contribution in [0.3, 0.4) is 0 Å². The number of hydrogen-bond acceptors (Lipinski definition) is 4. The first-order valence-electron chi connectivity index (χ1n) is 4.96. The second-order valence-corrected chi connectivity index (χ2v) is 5.24. The first-order valence-corrected chi connectivity index (χ1v) is 5.77. The van der Waals surface area contributed by atoms with Gasteiger partial charge in [0.15, 0.2) is 0 Å². The number of allylic oxidation sites excluding steroid dienone is 1. The lowest BCUT2D eigenvalue weighted by atomic mass is 9.96. The Morgan fingerprint density at radius 1 is 1.40 bits per heavy atom. The summed E-state index contributed by atoms with van der Waals surface area (Å²) in [6.45, 7) is 1.95. The minimum atomic E-state index is 0.106. The van der Waals surface area contributed by atoms with E-state index in [2.05, 4.69) is 4.98 Å². The molecule has 4 heteroatoms. The number of thiazole rings is 1. The number of rotatable bonds is 1. The second-order valence-electron chi connectivity index (χ2n) is 3.95. The van der Waals surface area contributed by atoms with Crippen molar-refractivity contribution in [3.8, 4) is 0 Å². The van der Waals surface area contributed by atoms with E-state index in [0.717, 1.165) is 28.3 Å². The molecule has 0 aliphatic heterocycles. The maximum atomic E-state index is 12.0. The molecule has 0 amide bonds. The Kier molecular flexibility index (Phi) is 2.61. The van der Waals surface area contributed by atoms with Crippen molar-refractivity contribution in [3.05, 3.63) is 27.4 Å². The van der Waals surface area contributed by atoms with E-state index < -0.39 is 0 Å². The van der Waals surface area contributed by atoms with Crippen LogP contribution in [0, 0.1) is 6.92 Å². The maximum Gasteiger partial charge on any atom is 0.209 e. The minimum absolute atomic E-state index is 0.106. The van der Waals surface area contributed by atoms with E-state index in [9.17, 15) is 4.79 Å². The van der Waals surface area contributed by atoms with Crippen molar-refractivity contribution in [2.75, 3.05) is 14.1 Å². The SMILES string of the molecule is Cc1nc2c(s1)CC/C(=C/N(C)C)C2=O. The molecule has 15 heavy (non-hydrogen) atoms. The Morgan fingerprint density at radius 2 is 2.13 bits per heavy atom. The molecule has 2 rings (SSSR count). The number of carbonyl (C=O) groups excluding carboxylic acids is 1. The number of Topliss-reactive ketones (excluding diaryl/α,β-unsaturated/α-hetero) is 1. The standard InChI is InChI=1S/C11H14N2OS/c1-7-12-10-9(15-7)5-4-8(11(10)14)6-13(2)3/h6H,4-5H2,1-3H3/b8-6-. The molecular weight excluding hydrogens is 208 g/mol. The fourth-order valence-corrected chi connectivity index (χ4v) is 2.70.